The fourth-order valence-corrected chi connectivity index (χ4v) is 3.27. The van der Waals surface area contributed by atoms with Gasteiger partial charge in [0.25, 0.3) is 0 Å². The highest BCUT2D eigenvalue weighted by molar-refractivity contribution is 6.15. The molecule has 0 saturated heterocycles. The van der Waals surface area contributed by atoms with Gasteiger partial charge in [0, 0.05) is 36.3 Å². The highest BCUT2D eigenvalue weighted by Gasteiger charge is 2.24. The molecule has 0 atom stereocenters. The van der Waals surface area contributed by atoms with Gasteiger partial charge in [0.15, 0.2) is 5.78 Å². The van der Waals surface area contributed by atoms with Crippen molar-refractivity contribution in [2.45, 2.75) is 27.2 Å². The summed E-state index contributed by atoms with van der Waals surface area (Å²) in [4.78, 5) is 14.8. The molecule has 2 aromatic rings. The fraction of sp³-hybridized carbons (Fsp3) is 0.286. The van der Waals surface area contributed by atoms with Gasteiger partial charge in [-0.1, -0.05) is 30.3 Å². The number of fused-ring (bicyclic) bond motifs is 1. The van der Waals surface area contributed by atoms with Crippen LogP contribution in [0.25, 0.3) is 6.08 Å². The van der Waals surface area contributed by atoms with Gasteiger partial charge in [0.05, 0.1) is 0 Å². The van der Waals surface area contributed by atoms with Crippen molar-refractivity contribution in [2.75, 3.05) is 18.0 Å². The molecule has 0 N–H and O–H groups in total. The van der Waals surface area contributed by atoms with Crippen molar-refractivity contribution in [3.05, 3.63) is 70.3 Å². The summed E-state index contributed by atoms with van der Waals surface area (Å²) in [5.41, 5.74) is 6.49. The van der Waals surface area contributed by atoms with Crippen LogP contribution in [-0.4, -0.2) is 18.9 Å². The van der Waals surface area contributed by atoms with Crippen LogP contribution in [0.5, 0.6) is 0 Å². The molecular weight excluding hydrogens is 282 g/mol. The first-order chi connectivity index (χ1) is 11.1. The van der Waals surface area contributed by atoms with Gasteiger partial charge >= 0.3 is 0 Å². The van der Waals surface area contributed by atoms with Crippen molar-refractivity contribution in [2.24, 2.45) is 0 Å². The molecule has 1 aliphatic rings. The summed E-state index contributed by atoms with van der Waals surface area (Å²) in [5, 5.41) is 0. The smallest absolute Gasteiger partial charge is 0.189 e. The first kappa shape index (κ1) is 15.5. The molecule has 2 nitrogen and oxygen atoms in total. The van der Waals surface area contributed by atoms with Crippen molar-refractivity contribution in [1.29, 1.82) is 0 Å². The zero-order chi connectivity index (χ0) is 16.4. The van der Waals surface area contributed by atoms with Crippen molar-refractivity contribution < 1.29 is 4.79 Å². The normalized spacial score (nSPS) is 15.1. The zero-order valence-corrected chi connectivity index (χ0v) is 14.1. The summed E-state index contributed by atoms with van der Waals surface area (Å²) >= 11 is 0. The minimum atomic E-state index is 0.174. The Balaban J connectivity index is 1.91. The number of hydrogen-bond acceptors (Lipinski definition) is 2. The molecule has 23 heavy (non-hydrogen) atoms. The Morgan fingerprint density at radius 2 is 1.83 bits per heavy atom. The van der Waals surface area contributed by atoms with Crippen LogP contribution < -0.4 is 4.90 Å². The molecule has 0 spiro atoms. The van der Waals surface area contributed by atoms with Crippen molar-refractivity contribution in [1.82, 2.24) is 0 Å². The van der Waals surface area contributed by atoms with E-state index in [9.17, 15) is 4.79 Å². The van der Waals surface area contributed by atoms with E-state index < -0.39 is 0 Å². The van der Waals surface area contributed by atoms with Crippen molar-refractivity contribution >= 4 is 17.5 Å². The number of ketones is 1. The van der Waals surface area contributed by atoms with Crippen LogP contribution in [0.3, 0.4) is 0 Å². The largest absolute Gasteiger partial charge is 0.372 e. The van der Waals surface area contributed by atoms with E-state index in [1.807, 2.05) is 24.3 Å². The van der Waals surface area contributed by atoms with Crippen LogP contribution in [0, 0.1) is 6.92 Å². The highest BCUT2D eigenvalue weighted by Crippen LogP contribution is 2.29. The molecule has 0 unspecified atom stereocenters. The fourth-order valence-electron chi connectivity index (χ4n) is 3.27. The van der Waals surface area contributed by atoms with Gasteiger partial charge < -0.3 is 4.90 Å². The van der Waals surface area contributed by atoms with Crippen LogP contribution in [0.1, 0.15) is 40.9 Å². The van der Waals surface area contributed by atoms with Gasteiger partial charge in [0.1, 0.15) is 0 Å². The first-order valence-corrected chi connectivity index (χ1v) is 8.32. The molecular formula is C21H23NO. The third-order valence-electron chi connectivity index (χ3n) is 4.65. The van der Waals surface area contributed by atoms with Gasteiger partial charge in [-0.15, -0.1) is 0 Å². The van der Waals surface area contributed by atoms with Crippen LogP contribution >= 0.6 is 0 Å². The average Bonchev–Trinajstić information content (AvgIpc) is 2.88. The predicted octanol–water partition coefficient (Wildman–Crippen LogP) is 4.66. The van der Waals surface area contributed by atoms with Crippen LogP contribution in [0.15, 0.2) is 48.0 Å². The number of Topliss-reactive ketones (excluding diaryl/α,β-unsaturated/α-hetero) is 1. The van der Waals surface area contributed by atoms with E-state index in [0.29, 0.717) is 0 Å². The Morgan fingerprint density at radius 1 is 1.09 bits per heavy atom. The molecule has 118 valence electrons. The number of carbonyl (C=O) groups is 1. The average molecular weight is 305 g/mol. The zero-order valence-electron chi connectivity index (χ0n) is 14.1. The maximum atomic E-state index is 12.5. The molecule has 0 amide bonds. The Kier molecular flexibility index (Phi) is 4.33. The number of nitrogens with zero attached hydrogens (tertiary/aromatic N) is 1. The monoisotopic (exact) mass is 305 g/mol. The van der Waals surface area contributed by atoms with E-state index in [1.165, 1.54) is 11.3 Å². The van der Waals surface area contributed by atoms with E-state index in [2.05, 4.69) is 49.9 Å². The lowest BCUT2D eigenvalue weighted by Crippen LogP contribution is -2.21. The lowest BCUT2D eigenvalue weighted by Gasteiger charge is -2.21. The standard InChI is InChI=1S/C21H23NO/c1-4-22(5-2)19-11-10-16(15(3)12-19)13-18-14-17-8-6-7-9-20(17)21(18)23/h6-13H,4-5,14H2,1-3H3. The van der Waals surface area contributed by atoms with Gasteiger partial charge in [0.2, 0.25) is 0 Å². The summed E-state index contributed by atoms with van der Waals surface area (Å²) in [6, 6.07) is 14.4. The van der Waals surface area contributed by atoms with E-state index in [0.717, 1.165) is 41.8 Å². The minimum absolute atomic E-state index is 0.174. The predicted molar refractivity (Wildman–Crippen MR) is 97.2 cm³/mol. The van der Waals surface area contributed by atoms with Crippen molar-refractivity contribution in [3.63, 3.8) is 0 Å². The molecule has 0 radical (unpaired) electrons. The Labute approximate surface area is 138 Å². The topological polar surface area (TPSA) is 20.3 Å². The number of aryl methyl sites for hydroxylation is 1. The molecule has 2 aromatic carbocycles. The molecule has 0 aliphatic heterocycles. The van der Waals surface area contributed by atoms with Gasteiger partial charge in [-0.2, -0.15) is 0 Å². The third-order valence-corrected chi connectivity index (χ3v) is 4.65. The van der Waals surface area contributed by atoms with Gasteiger partial charge in [-0.05, 0) is 55.7 Å². The SMILES string of the molecule is CCN(CC)c1ccc(C=C2Cc3ccccc3C2=O)c(C)c1. The molecule has 0 bridgehead atoms. The molecule has 0 heterocycles. The molecule has 2 heteroatoms. The maximum Gasteiger partial charge on any atom is 0.189 e. The quantitative estimate of drug-likeness (QED) is 0.765. The van der Waals surface area contributed by atoms with E-state index in [-0.39, 0.29) is 5.78 Å². The van der Waals surface area contributed by atoms with Crippen LogP contribution in [0.4, 0.5) is 5.69 Å². The first-order valence-electron chi connectivity index (χ1n) is 8.32. The second-order valence-electron chi connectivity index (χ2n) is 6.05. The second kappa shape index (κ2) is 6.41. The van der Waals surface area contributed by atoms with Crippen molar-refractivity contribution in [3.8, 4) is 0 Å². The second-order valence-corrected chi connectivity index (χ2v) is 6.05. The number of anilines is 1. The Morgan fingerprint density at radius 3 is 2.48 bits per heavy atom. The van der Waals surface area contributed by atoms with E-state index >= 15 is 0 Å². The number of carbonyl (C=O) groups excluding carboxylic acids is 1. The molecule has 3 rings (SSSR count). The lowest BCUT2D eigenvalue weighted by atomic mass is 10.0. The van der Waals surface area contributed by atoms with E-state index in [4.69, 9.17) is 0 Å². The summed E-state index contributed by atoms with van der Waals surface area (Å²) in [6.07, 6.45) is 2.80. The molecule has 0 saturated carbocycles. The number of rotatable bonds is 4. The van der Waals surface area contributed by atoms with Gasteiger partial charge in [-0.25, -0.2) is 0 Å². The summed E-state index contributed by atoms with van der Waals surface area (Å²) in [5.74, 6) is 0.174. The van der Waals surface area contributed by atoms with Gasteiger partial charge in [-0.3, -0.25) is 4.79 Å². The number of hydrogen-bond donors (Lipinski definition) is 0. The summed E-state index contributed by atoms with van der Waals surface area (Å²) in [6.45, 7) is 8.46. The minimum Gasteiger partial charge on any atom is -0.372 e. The number of benzene rings is 2. The summed E-state index contributed by atoms with van der Waals surface area (Å²) < 4.78 is 0. The summed E-state index contributed by atoms with van der Waals surface area (Å²) in [7, 11) is 0. The molecule has 0 aromatic heterocycles. The van der Waals surface area contributed by atoms with Crippen LogP contribution in [-0.2, 0) is 6.42 Å². The van der Waals surface area contributed by atoms with Crippen LogP contribution in [0.2, 0.25) is 0 Å². The Hall–Kier alpha value is -2.35. The third kappa shape index (κ3) is 2.94. The number of allylic oxidation sites excluding steroid dienone is 1. The maximum absolute atomic E-state index is 12.5. The highest BCUT2D eigenvalue weighted by atomic mass is 16.1. The lowest BCUT2D eigenvalue weighted by molar-refractivity contribution is 0.104. The van der Waals surface area contributed by atoms with E-state index in [1.54, 1.807) is 0 Å². The molecule has 0 fully saturated rings. The molecule has 1 aliphatic carbocycles. The Bertz CT molecular complexity index is 769.